The lowest BCUT2D eigenvalue weighted by atomic mass is 10.0. The van der Waals surface area contributed by atoms with Gasteiger partial charge in [0.05, 0.1) is 24.9 Å². The number of hydrogen-bond donors (Lipinski definition) is 1. The Balaban J connectivity index is 1.59. The topological polar surface area (TPSA) is 71.1 Å². The monoisotopic (exact) mass is 445 g/mol. The molecule has 1 fully saturated rings. The van der Waals surface area contributed by atoms with Crippen molar-refractivity contribution in [2.24, 2.45) is 0 Å². The molecule has 0 aliphatic carbocycles. The fraction of sp³-hybridized carbons (Fsp3) is 0.391. The summed E-state index contributed by atoms with van der Waals surface area (Å²) in [6, 6.07) is 10.5. The molecule has 0 radical (unpaired) electrons. The summed E-state index contributed by atoms with van der Waals surface area (Å²) in [6.45, 7) is 1.05. The van der Waals surface area contributed by atoms with E-state index in [1.807, 2.05) is 11.0 Å². The molecule has 0 bridgehead atoms. The van der Waals surface area contributed by atoms with Crippen LogP contribution in [-0.2, 0) is 0 Å². The van der Waals surface area contributed by atoms with E-state index in [0.29, 0.717) is 35.8 Å². The van der Waals surface area contributed by atoms with Gasteiger partial charge >= 0.3 is 0 Å². The molecular formula is C23H25F2N3O4. The lowest BCUT2D eigenvalue weighted by molar-refractivity contribution is -0.0494. The highest BCUT2D eigenvalue weighted by Gasteiger charge is 2.36. The lowest BCUT2D eigenvalue weighted by Gasteiger charge is -2.33. The van der Waals surface area contributed by atoms with E-state index in [-0.39, 0.29) is 37.7 Å². The Morgan fingerprint density at radius 3 is 2.53 bits per heavy atom. The molecule has 2 aromatic carbocycles. The SMILES string of the molecule is CNC(=O)c1ccc(N2CCOc3cc(C(=O)N4CCC(F)(F)CC4)ccc32)cc1OC. The summed E-state index contributed by atoms with van der Waals surface area (Å²) >= 11 is 0. The van der Waals surface area contributed by atoms with Gasteiger partial charge in [0, 0.05) is 50.3 Å². The Kier molecular flexibility index (Phi) is 5.90. The molecule has 2 amide bonds. The van der Waals surface area contributed by atoms with Crippen molar-refractivity contribution in [2.45, 2.75) is 18.8 Å². The van der Waals surface area contributed by atoms with Crippen molar-refractivity contribution in [2.75, 3.05) is 45.3 Å². The number of carbonyl (C=O) groups is 2. The lowest BCUT2D eigenvalue weighted by Crippen LogP contribution is -2.42. The van der Waals surface area contributed by atoms with Gasteiger partial charge in [-0.15, -0.1) is 0 Å². The summed E-state index contributed by atoms with van der Waals surface area (Å²) in [5.41, 5.74) is 2.42. The number of methoxy groups -OCH3 is 1. The molecule has 2 aromatic rings. The number of nitrogens with zero attached hydrogens (tertiary/aromatic N) is 2. The van der Waals surface area contributed by atoms with E-state index < -0.39 is 5.92 Å². The van der Waals surface area contributed by atoms with E-state index in [9.17, 15) is 18.4 Å². The van der Waals surface area contributed by atoms with E-state index in [4.69, 9.17) is 9.47 Å². The second kappa shape index (κ2) is 8.64. The number of nitrogens with one attached hydrogen (secondary N) is 1. The molecule has 32 heavy (non-hydrogen) atoms. The highest BCUT2D eigenvalue weighted by Crippen LogP contribution is 2.39. The highest BCUT2D eigenvalue weighted by molar-refractivity contribution is 5.98. The molecule has 0 atom stereocenters. The first-order chi connectivity index (χ1) is 15.3. The van der Waals surface area contributed by atoms with Gasteiger partial charge in [0.1, 0.15) is 18.1 Å². The zero-order chi connectivity index (χ0) is 22.9. The molecule has 4 rings (SSSR count). The number of ether oxygens (including phenoxy) is 2. The minimum absolute atomic E-state index is 0.0351. The summed E-state index contributed by atoms with van der Waals surface area (Å²) in [4.78, 5) is 28.3. The number of amides is 2. The summed E-state index contributed by atoms with van der Waals surface area (Å²) in [5, 5.41) is 2.59. The number of anilines is 2. The zero-order valence-electron chi connectivity index (χ0n) is 18.0. The molecule has 2 heterocycles. The van der Waals surface area contributed by atoms with E-state index in [0.717, 1.165) is 11.4 Å². The maximum atomic E-state index is 13.4. The van der Waals surface area contributed by atoms with Gasteiger partial charge in [-0.1, -0.05) is 0 Å². The Morgan fingerprint density at radius 2 is 1.84 bits per heavy atom. The van der Waals surface area contributed by atoms with Gasteiger partial charge in [-0.3, -0.25) is 9.59 Å². The number of likely N-dealkylation sites (tertiary alicyclic amines) is 1. The van der Waals surface area contributed by atoms with E-state index in [1.54, 1.807) is 37.4 Å². The van der Waals surface area contributed by atoms with E-state index in [1.165, 1.54) is 12.0 Å². The van der Waals surface area contributed by atoms with Crippen LogP contribution in [0.2, 0.25) is 0 Å². The third kappa shape index (κ3) is 4.19. The predicted molar refractivity (Wildman–Crippen MR) is 115 cm³/mol. The normalized spacial score (nSPS) is 17.2. The van der Waals surface area contributed by atoms with Crippen LogP contribution in [0.4, 0.5) is 20.2 Å². The van der Waals surface area contributed by atoms with Crippen LogP contribution >= 0.6 is 0 Å². The molecule has 9 heteroatoms. The van der Waals surface area contributed by atoms with Crippen LogP contribution in [0.1, 0.15) is 33.6 Å². The van der Waals surface area contributed by atoms with Crippen molar-refractivity contribution in [1.29, 1.82) is 0 Å². The van der Waals surface area contributed by atoms with Crippen molar-refractivity contribution in [1.82, 2.24) is 10.2 Å². The van der Waals surface area contributed by atoms with Gasteiger partial charge in [-0.05, 0) is 30.3 Å². The van der Waals surface area contributed by atoms with Crippen LogP contribution in [0.15, 0.2) is 36.4 Å². The second-order valence-corrected chi connectivity index (χ2v) is 7.79. The average molecular weight is 445 g/mol. The molecule has 1 saturated heterocycles. The quantitative estimate of drug-likeness (QED) is 0.781. The van der Waals surface area contributed by atoms with Crippen LogP contribution in [0.25, 0.3) is 0 Å². The van der Waals surface area contributed by atoms with Crippen LogP contribution in [0.3, 0.4) is 0 Å². The summed E-state index contributed by atoms with van der Waals surface area (Å²) in [5.74, 6) is -2.23. The van der Waals surface area contributed by atoms with Crippen molar-refractivity contribution in [3.05, 3.63) is 47.5 Å². The number of benzene rings is 2. The third-order valence-corrected chi connectivity index (χ3v) is 5.82. The fourth-order valence-electron chi connectivity index (χ4n) is 4.01. The first-order valence-corrected chi connectivity index (χ1v) is 10.4. The molecule has 0 unspecified atom stereocenters. The highest BCUT2D eigenvalue weighted by atomic mass is 19.3. The Bertz CT molecular complexity index is 1030. The van der Waals surface area contributed by atoms with Crippen LogP contribution in [-0.4, -0.2) is 63.0 Å². The number of rotatable bonds is 4. The van der Waals surface area contributed by atoms with Gasteiger partial charge in [0.15, 0.2) is 0 Å². The number of fused-ring (bicyclic) bond motifs is 1. The van der Waals surface area contributed by atoms with E-state index >= 15 is 0 Å². The maximum Gasteiger partial charge on any atom is 0.254 e. The van der Waals surface area contributed by atoms with E-state index in [2.05, 4.69) is 5.32 Å². The largest absolute Gasteiger partial charge is 0.496 e. The summed E-state index contributed by atoms with van der Waals surface area (Å²) < 4.78 is 38.0. The van der Waals surface area contributed by atoms with Crippen molar-refractivity contribution >= 4 is 23.2 Å². The van der Waals surface area contributed by atoms with Gasteiger partial charge in [0.2, 0.25) is 0 Å². The first-order valence-electron chi connectivity index (χ1n) is 10.4. The third-order valence-electron chi connectivity index (χ3n) is 5.82. The summed E-state index contributed by atoms with van der Waals surface area (Å²) in [7, 11) is 3.06. The van der Waals surface area contributed by atoms with Crippen LogP contribution in [0, 0.1) is 0 Å². The minimum Gasteiger partial charge on any atom is -0.496 e. The van der Waals surface area contributed by atoms with Gasteiger partial charge in [0.25, 0.3) is 17.7 Å². The molecule has 0 saturated carbocycles. The van der Waals surface area contributed by atoms with Crippen molar-refractivity contribution in [3.63, 3.8) is 0 Å². The summed E-state index contributed by atoms with van der Waals surface area (Å²) in [6.07, 6.45) is -0.635. The number of hydrogen-bond acceptors (Lipinski definition) is 5. The Labute approximate surface area is 184 Å². The van der Waals surface area contributed by atoms with Crippen LogP contribution in [0.5, 0.6) is 11.5 Å². The standard InChI is InChI=1S/C23H25F2N3O4/c1-26-21(29)17-5-4-16(14-19(17)31-2)28-11-12-32-20-13-15(3-6-18(20)28)22(30)27-9-7-23(24,25)8-10-27/h3-6,13-14H,7-12H2,1-2H3,(H,26,29). The number of piperidine rings is 1. The van der Waals surface area contributed by atoms with Gasteiger partial charge in [-0.2, -0.15) is 0 Å². The smallest absolute Gasteiger partial charge is 0.254 e. The second-order valence-electron chi connectivity index (χ2n) is 7.79. The number of alkyl halides is 2. The molecular weight excluding hydrogens is 420 g/mol. The van der Waals surface area contributed by atoms with Gasteiger partial charge in [-0.25, -0.2) is 8.78 Å². The Morgan fingerprint density at radius 1 is 1.09 bits per heavy atom. The van der Waals surface area contributed by atoms with Crippen molar-refractivity contribution < 1.29 is 27.8 Å². The number of halogens is 2. The maximum absolute atomic E-state index is 13.4. The molecule has 170 valence electrons. The molecule has 0 aromatic heterocycles. The zero-order valence-corrected chi connectivity index (χ0v) is 18.0. The fourth-order valence-corrected chi connectivity index (χ4v) is 4.01. The molecule has 7 nitrogen and oxygen atoms in total. The Hall–Kier alpha value is -3.36. The first kappa shape index (κ1) is 21.9. The number of carbonyl (C=O) groups excluding carboxylic acids is 2. The molecule has 2 aliphatic rings. The van der Waals surface area contributed by atoms with Gasteiger partial charge < -0.3 is 24.6 Å². The van der Waals surface area contributed by atoms with Crippen molar-refractivity contribution in [3.8, 4) is 11.5 Å². The van der Waals surface area contributed by atoms with Crippen LogP contribution < -0.4 is 19.7 Å². The average Bonchev–Trinajstić information content (AvgIpc) is 2.82. The molecule has 0 spiro atoms. The predicted octanol–water partition coefficient (Wildman–Crippen LogP) is 3.46. The molecule has 2 aliphatic heterocycles. The molecule has 1 N–H and O–H groups in total. The minimum atomic E-state index is -2.70.